The molecule has 0 saturated carbocycles. The molecule has 1 aliphatic heterocycles. The van der Waals surface area contributed by atoms with Gasteiger partial charge in [0.25, 0.3) is 0 Å². The summed E-state index contributed by atoms with van der Waals surface area (Å²) in [5, 5.41) is -0.549. The molecule has 0 spiro atoms. The van der Waals surface area contributed by atoms with Crippen molar-refractivity contribution in [2.24, 2.45) is 0 Å². The molecule has 1 aliphatic rings. The Morgan fingerprint density at radius 2 is 1.50 bits per heavy atom. The summed E-state index contributed by atoms with van der Waals surface area (Å²) in [6, 6.07) is 10.3. The third-order valence-corrected chi connectivity index (χ3v) is 11.0. The second-order valence-electron chi connectivity index (χ2n) is 16.7. The lowest BCUT2D eigenvalue weighted by Crippen LogP contribution is -2.45. The summed E-state index contributed by atoms with van der Waals surface area (Å²) < 4.78 is 98.1. The number of halogens is 3. The largest absolute Gasteiger partial charge is 0.509 e. The monoisotopic (exact) mass is 914 g/mol. The second kappa shape index (κ2) is 19.9. The number of carbonyl (C=O) groups is 4. The maximum absolute atomic E-state index is 16.6. The van der Waals surface area contributed by atoms with E-state index in [9.17, 15) is 37.3 Å². The number of benzene rings is 2. The average Bonchev–Trinajstić information content (AvgIpc) is 3.42. The van der Waals surface area contributed by atoms with Crippen LogP contribution in [0.25, 0.3) is 0 Å². The van der Waals surface area contributed by atoms with E-state index in [-0.39, 0.29) is 6.61 Å². The van der Waals surface area contributed by atoms with Crippen LogP contribution in [0.1, 0.15) is 80.2 Å². The molecular formula is C40H50F3N4O13PS. The van der Waals surface area contributed by atoms with Crippen LogP contribution < -0.4 is 20.2 Å². The molecule has 62 heavy (non-hydrogen) atoms. The van der Waals surface area contributed by atoms with Gasteiger partial charge in [-0.3, -0.25) is 13.9 Å². The van der Waals surface area contributed by atoms with Crippen molar-refractivity contribution in [3.05, 3.63) is 88.5 Å². The van der Waals surface area contributed by atoms with E-state index in [0.29, 0.717) is 28.3 Å². The lowest BCUT2D eigenvalue weighted by Gasteiger charge is -2.28. The highest BCUT2D eigenvalue weighted by Crippen LogP contribution is 2.50. The lowest BCUT2D eigenvalue weighted by molar-refractivity contribution is -0.146. The molecule has 17 nitrogen and oxygen atoms in total. The summed E-state index contributed by atoms with van der Waals surface area (Å²) >= 11 is 0.653. The fourth-order valence-electron chi connectivity index (χ4n) is 5.26. The van der Waals surface area contributed by atoms with Gasteiger partial charge in [0.2, 0.25) is 0 Å². The number of aromatic nitrogens is 2. The molecule has 6 atom stereocenters. The highest BCUT2D eigenvalue weighted by molar-refractivity contribution is 8.00. The molecule has 22 heteroatoms. The number of anilines is 1. The summed E-state index contributed by atoms with van der Waals surface area (Å²) in [7, 11) is -4.92. The Labute approximate surface area is 360 Å². The Kier molecular flexibility index (Phi) is 15.9. The van der Waals surface area contributed by atoms with Gasteiger partial charge in [0.1, 0.15) is 40.6 Å². The van der Waals surface area contributed by atoms with Crippen LogP contribution in [0.4, 0.5) is 33.4 Å². The highest BCUT2D eigenvalue weighted by Gasteiger charge is 2.50. The normalized spacial score (nSPS) is 19.4. The molecule has 2 heterocycles. The van der Waals surface area contributed by atoms with E-state index in [0.717, 1.165) is 29.0 Å². The number of ether oxygens (including phenoxy) is 5. The zero-order valence-electron chi connectivity index (χ0n) is 35.7. The second-order valence-corrected chi connectivity index (χ2v) is 19.8. The van der Waals surface area contributed by atoms with Gasteiger partial charge in [-0.15, -0.1) is 11.8 Å². The minimum Gasteiger partial charge on any atom is -0.460 e. The number of thioether (sulfide) groups is 1. The molecule has 0 bridgehead atoms. The molecule has 1 aromatic heterocycles. The summed E-state index contributed by atoms with van der Waals surface area (Å²) in [6.07, 6.45) is -6.77. The Balaban J connectivity index is 1.67. The number of alkyl halides is 1. The summed E-state index contributed by atoms with van der Waals surface area (Å²) in [4.78, 5) is 70.1. The number of nitrogens with one attached hydrogen (secondary N) is 1. The Hall–Kier alpha value is -5.11. The van der Waals surface area contributed by atoms with Crippen LogP contribution in [0.3, 0.4) is 0 Å². The molecule has 2 aromatic carbocycles. The van der Waals surface area contributed by atoms with Gasteiger partial charge in [-0.2, -0.15) is 15.0 Å². The molecule has 4 rings (SSSR count). The fraction of sp³-hybridized carbons (Fsp3) is 0.500. The van der Waals surface area contributed by atoms with Crippen LogP contribution in [-0.2, 0) is 44.2 Å². The third kappa shape index (κ3) is 14.5. The molecular weight excluding hydrogens is 864 g/mol. The van der Waals surface area contributed by atoms with Crippen LogP contribution in [0.15, 0.2) is 65.6 Å². The van der Waals surface area contributed by atoms with E-state index < -0.39 is 113 Å². The van der Waals surface area contributed by atoms with Gasteiger partial charge in [0.05, 0.1) is 11.9 Å². The van der Waals surface area contributed by atoms with Gasteiger partial charge >= 0.3 is 37.7 Å². The van der Waals surface area contributed by atoms with Crippen molar-refractivity contribution < 1.29 is 69.6 Å². The number of nitrogens with zero attached hydrogens (tertiary/aromatic N) is 3. The SMILES string of the molecule is C[C@H](NP(=O)(OC[C@H]1S[C@@H](n2ccc(N(C(=O)OC(C)(C)C)C(=O)OC(C)(C)C)nc2=O)[C@@H](F)[C@@H]1OC(=O)OC(C)(C)C)Oc1ccc(F)cc1F)C(=O)OCc1ccccc1. The number of imide groups is 1. The van der Waals surface area contributed by atoms with Gasteiger partial charge in [0.15, 0.2) is 29.7 Å². The van der Waals surface area contributed by atoms with Crippen LogP contribution in [-0.4, -0.2) is 80.8 Å². The maximum atomic E-state index is 16.6. The molecule has 1 fully saturated rings. The van der Waals surface area contributed by atoms with Crippen LogP contribution >= 0.6 is 19.5 Å². The van der Waals surface area contributed by atoms with E-state index in [2.05, 4.69) is 10.1 Å². The number of amides is 2. The predicted molar refractivity (Wildman–Crippen MR) is 219 cm³/mol. The van der Waals surface area contributed by atoms with Crippen LogP contribution in [0.2, 0.25) is 0 Å². The molecule has 1 N–H and O–H groups in total. The molecule has 340 valence electrons. The van der Waals surface area contributed by atoms with E-state index in [1.807, 2.05) is 0 Å². The quantitative estimate of drug-likeness (QED) is 0.0973. The summed E-state index contributed by atoms with van der Waals surface area (Å²) in [5.41, 5.74) is -3.81. The zero-order valence-corrected chi connectivity index (χ0v) is 37.4. The first-order chi connectivity index (χ1) is 28.6. The molecule has 3 aromatic rings. The number of hydrogen-bond donors (Lipinski definition) is 1. The molecule has 2 amide bonds. The number of carbonyl (C=O) groups excluding carboxylic acids is 4. The van der Waals surface area contributed by atoms with E-state index in [1.165, 1.54) is 27.7 Å². The summed E-state index contributed by atoms with van der Waals surface area (Å²) in [5.74, 6) is -4.48. The lowest BCUT2D eigenvalue weighted by atomic mass is 10.1. The van der Waals surface area contributed by atoms with Gasteiger partial charge < -0.3 is 28.2 Å². The van der Waals surface area contributed by atoms with Crippen molar-refractivity contribution in [3.63, 3.8) is 0 Å². The van der Waals surface area contributed by atoms with Crippen molar-refractivity contribution in [3.8, 4) is 5.75 Å². The third-order valence-electron chi connectivity index (χ3n) is 7.81. The smallest absolute Gasteiger partial charge is 0.460 e. The minimum atomic E-state index is -4.92. The molecule has 1 saturated heterocycles. The van der Waals surface area contributed by atoms with Crippen molar-refractivity contribution in [2.45, 2.75) is 122 Å². The van der Waals surface area contributed by atoms with E-state index in [4.69, 9.17) is 32.7 Å². The van der Waals surface area contributed by atoms with Crippen molar-refractivity contribution in [2.75, 3.05) is 11.5 Å². The Morgan fingerprint density at radius 3 is 2.05 bits per heavy atom. The first kappa shape index (κ1) is 49.5. The Morgan fingerprint density at radius 1 is 0.903 bits per heavy atom. The van der Waals surface area contributed by atoms with Gasteiger partial charge in [-0.1, -0.05) is 30.3 Å². The molecule has 1 unspecified atom stereocenters. The van der Waals surface area contributed by atoms with Gasteiger partial charge in [-0.05, 0) is 93.0 Å². The summed E-state index contributed by atoms with van der Waals surface area (Å²) in [6.45, 7) is 14.1. The van der Waals surface area contributed by atoms with Crippen molar-refractivity contribution in [1.29, 1.82) is 0 Å². The maximum Gasteiger partial charge on any atom is 0.509 e. The van der Waals surface area contributed by atoms with Crippen molar-refractivity contribution in [1.82, 2.24) is 14.6 Å². The zero-order chi connectivity index (χ0) is 46.4. The fourth-order valence-corrected chi connectivity index (χ4v) is 8.35. The van der Waals surface area contributed by atoms with Crippen LogP contribution in [0, 0.1) is 11.6 Å². The highest BCUT2D eigenvalue weighted by atomic mass is 32.2. The topological polar surface area (TPSA) is 200 Å². The first-order valence-electron chi connectivity index (χ1n) is 19.1. The van der Waals surface area contributed by atoms with Gasteiger partial charge in [0, 0.05) is 12.3 Å². The standard InChI is InChI=1S/C40H50F3N4O13PS/c1-23(33(48)54-21-24-14-12-11-13-15-24)45-61(53,60-27-17-16-25(41)20-26(27)42)55-22-28-31(56-37(52)59-40(8,9)10)30(43)32(62-28)46-19-18-29(44-34(46)49)47(35(50)57-38(2,3)4)36(51)58-39(5,6)7/h11-20,23,28,30-32H,21-22H2,1-10H3,(H,45,53)/t23-,28+,30-,31+,32+,61?/m0/s1. The number of esters is 1. The van der Waals surface area contributed by atoms with E-state index in [1.54, 1.807) is 71.9 Å². The van der Waals surface area contributed by atoms with Gasteiger partial charge in [-0.25, -0.2) is 36.9 Å². The first-order valence-corrected chi connectivity index (χ1v) is 21.5. The van der Waals surface area contributed by atoms with Crippen molar-refractivity contribution >= 4 is 49.6 Å². The predicted octanol–water partition coefficient (Wildman–Crippen LogP) is 8.40. The average molecular weight is 915 g/mol. The number of rotatable bonds is 13. The Bertz CT molecular complexity index is 2170. The molecule has 0 aliphatic carbocycles. The van der Waals surface area contributed by atoms with Crippen LogP contribution in [0.5, 0.6) is 5.75 Å². The number of hydrogen-bond acceptors (Lipinski definition) is 15. The minimum absolute atomic E-state index is 0.165. The molecule has 0 radical (unpaired) electrons. The van der Waals surface area contributed by atoms with E-state index >= 15 is 4.39 Å².